The second-order valence-corrected chi connectivity index (χ2v) is 4.88. The molecule has 1 aromatic rings. The molecule has 0 aliphatic heterocycles. The van der Waals surface area contributed by atoms with E-state index in [1.165, 1.54) is 0 Å². The van der Waals surface area contributed by atoms with E-state index in [1.54, 1.807) is 11.4 Å². The third-order valence-electron chi connectivity index (χ3n) is 2.27. The number of hydrogen-bond acceptors (Lipinski definition) is 5. The maximum atomic E-state index is 10.4. The summed E-state index contributed by atoms with van der Waals surface area (Å²) in [6, 6.07) is 1.55. The molecule has 0 spiro atoms. The Morgan fingerprint density at radius 3 is 2.81 bits per heavy atom. The van der Waals surface area contributed by atoms with Crippen LogP contribution < -0.4 is 5.32 Å². The predicted octanol–water partition coefficient (Wildman–Crippen LogP) is 1.76. The van der Waals surface area contributed by atoms with Crippen LogP contribution in [0.4, 0.5) is 5.00 Å². The van der Waals surface area contributed by atoms with Gasteiger partial charge in [-0.05, 0) is 11.5 Å². The summed E-state index contributed by atoms with van der Waals surface area (Å²) in [4.78, 5) is 10.0. The molecule has 1 heterocycles. The Labute approximate surface area is 98.3 Å². The van der Waals surface area contributed by atoms with Gasteiger partial charge >= 0.3 is 5.00 Å². The molecule has 0 bridgehead atoms. The molecule has 0 fully saturated rings. The summed E-state index contributed by atoms with van der Waals surface area (Å²) in [7, 11) is 0. The fourth-order valence-corrected chi connectivity index (χ4v) is 1.88. The number of aliphatic hydroxyl groups is 1. The van der Waals surface area contributed by atoms with Crippen LogP contribution in [0.2, 0.25) is 0 Å². The number of aliphatic hydroxyl groups excluding tert-OH is 1. The normalized spacial score (nSPS) is 13.0. The molecule has 0 aliphatic rings. The van der Waals surface area contributed by atoms with Crippen molar-refractivity contribution in [1.29, 1.82) is 0 Å². The summed E-state index contributed by atoms with van der Waals surface area (Å²) in [6.45, 7) is 4.94. The number of nitrogens with zero attached hydrogens (tertiary/aromatic N) is 1. The third-order valence-corrected chi connectivity index (χ3v) is 3.20. The minimum atomic E-state index is -0.392. The Morgan fingerprint density at radius 2 is 2.31 bits per heavy atom. The van der Waals surface area contributed by atoms with Gasteiger partial charge in [-0.25, -0.2) is 0 Å². The first-order valence-corrected chi connectivity index (χ1v) is 5.99. The topological polar surface area (TPSA) is 75.4 Å². The van der Waals surface area contributed by atoms with Crippen LogP contribution in [0.25, 0.3) is 0 Å². The molecule has 6 heteroatoms. The first-order valence-electron chi connectivity index (χ1n) is 5.11. The van der Waals surface area contributed by atoms with Gasteiger partial charge in [0.2, 0.25) is 0 Å². The Kier molecular flexibility index (Phi) is 4.85. The van der Waals surface area contributed by atoms with Gasteiger partial charge in [0.25, 0.3) is 0 Å². The van der Waals surface area contributed by atoms with Crippen LogP contribution in [-0.4, -0.2) is 22.7 Å². The Bertz CT molecular complexity index is 352. The van der Waals surface area contributed by atoms with Crippen LogP contribution >= 0.6 is 11.3 Å². The molecule has 0 saturated heterocycles. The van der Waals surface area contributed by atoms with Crippen molar-refractivity contribution in [2.45, 2.75) is 26.5 Å². The lowest BCUT2D eigenvalue weighted by Crippen LogP contribution is -2.30. The molecular weight excluding hydrogens is 228 g/mol. The average Bonchev–Trinajstić information content (AvgIpc) is 2.66. The van der Waals surface area contributed by atoms with E-state index in [0.717, 1.165) is 16.9 Å². The molecule has 1 atom stereocenters. The lowest BCUT2D eigenvalue weighted by atomic mass is 10.1. The van der Waals surface area contributed by atoms with Gasteiger partial charge in [0.05, 0.1) is 11.0 Å². The zero-order valence-corrected chi connectivity index (χ0v) is 10.2. The molecule has 1 aromatic heterocycles. The maximum Gasteiger partial charge on any atom is 0.324 e. The molecule has 2 N–H and O–H groups in total. The van der Waals surface area contributed by atoms with Gasteiger partial charge < -0.3 is 10.4 Å². The second kappa shape index (κ2) is 5.93. The fraction of sp³-hybridized carbons (Fsp3) is 0.600. The summed E-state index contributed by atoms with van der Waals surface area (Å²) in [5, 5.41) is 25.0. The van der Waals surface area contributed by atoms with Crippen molar-refractivity contribution < 1.29 is 10.0 Å². The van der Waals surface area contributed by atoms with E-state index in [9.17, 15) is 15.2 Å². The molecule has 16 heavy (non-hydrogen) atoms. The molecule has 1 rings (SSSR count). The van der Waals surface area contributed by atoms with Crippen molar-refractivity contribution in [1.82, 2.24) is 5.32 Å². The Balaban J connectivity index is 2.35. The van der Waals surface area contributed by atoms with Crippen molar-refractivity contribution >= 4 is 16.3 Å². The summed E-state index contributed by atoms with van der Waals surface area (Å²) in [6.07, 6.45) is -0.381. The molecule has 1 unspecified atom stereocenters. The molecule has 0 aliphatic carbocycles. The van der Waals surface area contributed by atoms with Crippen molar-refractivity contribution in [2.24, 2.45) is 5.92 Å². The van der Waals surface area contributed by atoms with E-state index in [4.69, 9.17) is 0 Å². The van der Waals surface area contributed by atoms with Crippen molar-refractivity contribution in [2.75, 3.05) is 6.54 Å². The summed E-state index contributed by atoms with van der Waals surface area (Å²) >= 11 is 1.12. The summed E-state index contributed by atoms with van der Waals surface area (Å²) < 4.78 is 0. The van der Waals surface area contributed by atoms with Crippen LogP contribution in [0.5, 0.6) is 0 Å². The van der Waals surface area contributed by atoms with Crippen molar-refractivity contribution in [3.8, 4) is 0 Å². The quantitative estimate of drug-likeness (QED) is 0.590. The monoisotopic (exact) mass is 244 g/mol. The largest absolute Gasteiger partial charge is 0.392 e. The van der Waals surface area contributed by atoms with Crippen LogP contribution in [0.1, 0.15) is 19.4 Å². The highest BCUT2D eigenvalue weighted by atomic mass is 32.1. The van der Waals surface area contributed by atoms with E-state index < -0.39 is 4.92 Å². The van der Waals surface area contributed by atoms with Gasteiger partial charge in [-0.2, -0.15) is 0 Å². The van der Waals surface area contributed by atoms with Crippen molar-refractivity contribution in [3.63, 3.8) is 0 Å². The van der Waals surface area contributed by atoms with Crippen LogP contribution in [-0.2, 0) is 6.54 Å². The van der Waals surface area contributed by atoms with Gasteiger partial charge in [-0.1, -0.05) is 25.2 Å². The minimum absolute atomic E-state index is 0.154. The molecule has 90 valence electrons. The zero-order valence-electron chi connectivity index (χ0n) is 9.34. The summed E-state index contributed by atoms with van der Waals surface area (Å²) in [5.41, 5.74) is 0.882. The van der Waals surface area contributed by atoms with E-state index in [0.29, 0.717) is 13.1 Å². The smallest absolute Gasteiger partial charge is 0.324 e. The molecule has 0 radical (unpaired) electrons. The third kappa shape index (κ3) is 3.88. The van der Waals surface area contributed by atoms with Crippen LogP contribution in [0.3, 0.4) is 0 Å². The Morgan fingerprint density at radius 1 is 1.62 bits per heavy atom. The first kappa shape index (κ1) is 13.1. The van der Waals surface area contributed by atoms with Gasteiger partial charge in [-0.15, -0.1) is 0 Å². The number of nitrogens with one attached hydrogen (secondary N) is 1. The fourth-order valence-electron chi connectivity index (χ4n) is 1.15. The Hall–Kier alpha value is -0.980. The molecule has 5 nitrogen and oxygen atoms in total. The maximum absolute atomic E-state index is 10.4. The highest BCUT2D eigenvalue weighted by molar-refractivity contribution is 7.13. The zero-order chi connectivity index (χ0) is 12.1. The molecule has 0 aromatic carbocycles. The standard InChI is InChI=1S/C10H16N2O3S/c1-7(2)9(13)5-11-4-8-3-10(12(14)15)16-6-8/h3,6-7,9,11,13H,4-5H2,1-2H3. The van der Waals surface area contributed by atoms with Gasteiger partial charge in [0.1, 0.15) is 0 Å². The highest BCUT2D eigenvalue weighted by Crippen LogP contribution is 2.22. The number of rotatable bonds is 6. The lowest BCUT2D eigenvalue weighted by Gasteiger charge is -2.14. The minimum Gasteiger partial charge on any atom is -0.392 e. The van der Waals surface area contributed by atoms with Gasteiger partial charge in [0, 0.05) is 24.5 Å². The van der Waals surface area contributed by atoms with E-state index in [2.05, 4.69) is 5.32 Å². The average molecular weight is 244 g/mol. The van der Waals surface area contributed by atoms with Gasteiger partial charge in [-0.3, -0.25) is 10.1 Å². The molecule has 0 saturated carbocycles. The van der Waals surface area contributed by atoms with E-state index in [1.807, 2.05) is 13.8 Å². The molecular formula is C10H16N2O3S. The predicted molar refractivity (Wildman–Crippen MR) is 63.5 cm³/mol. The van der Waals surface area contributed by atoms with Crippen LogP contribution in [0.15, 0.2) is 11.4 Å². The number of thiophene rings is 1. The molecule has 0 amide bonds. The van der Waals surface area contributed by atoms with Crippen LogP contribution in [0, 0.1) is 16.0 Å². The lowest BCUT2D eigenvalue weighted by molar-refractivity contribution is -0.380. The second-order valence-electron chi connectivity index (χ2n) is 3.99. The van der Waals surface area contributed by atoms with E-state index in [-0.39, 0.29) is 17.0 Å². The SMILES string of the molecule is CC(C)C(O)CNCc1csc([N+](=O)[O-])c1. The number of nitro groups is 1. The van der Waals surface area contributed by atoms with Crippen molar-refractivity contribution in [3.05, 3.63) is 27.1 Å². The highest BCUT2D eigenvalue weighted by Gasteiger charge is 2.11. The first-order chi connectivity index (χ1) is 7.50. The van der Waals surface area contributed by atoms with E-state index >= 15 is 0 Å². The van der Waals surface area contributed by atoms with Gasteiger partial charge in [0.15, 0.2) is 0 Å². The number of hydrogen-bond donors (Lipinski definition) is 2. The summed E-state index contributed by atoms with van der Waals surface area (Å²) in [5.74, 6) is 0.212.